The van der Waals surface area contributed by atoms with Gasteiger partial charge in [-0.25, -0.2) is 4.98 Å². The average molecular weight is 407 g/mol. The molecule has 4 rings (SSSR count). The molecule has 0 radical (unpaired) electrons. The summed E-state index contributed by atoms with van der Waals surface area (Å²) >= 11 is 10.1. The quantitative estimate of drug-likeness (QED) is 0.481. The van der Waals surface area contributed by atoms with E-state index >= 15 is 0 Å². The second kappa shape index (κ2) is 6.17. The number of carbonyl (C=O) groups is 1. The van der Waals surface area contributed by atoms with Crippen molar-refractivity contribution in [2.45, 2.75) is 13.8 Å². The summed E-state index contributed by atoms with van der Waals surface area (Å²) in [5.41, 5.74) is 0.958. The minimum absolute atomic E-state index is 0.0930. The highest BCUT2D eigenvalue weighted by atomic mass is 35.5. The van der Waals surface area contributed by atoms with Crippen LogP contribution < -0.4 is 10.1 Å². The van der Waals surface area contributed by atoms with Crippen molar-refractivity contribution in [2.24, 2.45) is 0 Å². The number of aromatic nitrogens is 1. The number of amides is 1. The summed E-state index contributed by atoms with van der Waals surface area (Å²) in [6.45, 7) is 3.88. The molecule has 0 saturated heterocycles. The summed E-state index contributed by atoms with van der Waals surface area (Å²) in [5, 5.41) is 4.93. The molecule has 4 aromatic rings. The van der Waals surface area contributed by atoms with Crippen molar-refractivity contribution in [1.29, 1.82) is 0 Å². The van der Waals surface area contributed by atoms with Gasteiger partial charge in [0.05, 0.1) is 10.4 Å². The predicted octanol–water partition coefficient (Wildman–Crippen LogP) is 5.46. The molecule has 1 N–H and O–H groups in total. The Hall–Kier alpha value is -1.80. The van der Waals surface area contributed by atoms with Gasteiger partial charge in [0.25, 0.3) is 5.91 Å². The maximum Gasteiger partial charge on any atom is 0.269 e. The highest BCUT2D eigenvalue weighted by Crippen LogP contribution is 2.36. The number of hydrogen-bond donors (Lipinski definition) is 1. The smallest absolute Gasteiger partial charge is 0.269 e. The number of aryl methyl sites for hydroxylation is 2. The van der Waals surface area contributed by atoms with E-state index in [1.54, 1.807) is 0 Å². The molecule has 0 fully saturated rings. The average Bonchev–Trinajstić information content (AvgIpc) is 3.05. The van der Waals surface area contributed by atoms with Gasteiger partial charge in [-0.2, -0.15) is 0 Å². The number of rotatable bonds is 2. The van der Waals surface area contributed by atoms with Gasteiger partial charge in [-0.3, -0.25) is 14.9 Å². The lowest BCUT2D eigenvalue weighted by atomic mass is 10.2. The molecule has 0 spiro atoms. The Bertz CT molecular complexity index is 1210. The first-order valence-corrected chi connectivity index (χ1v) is 10.2. The molecule has 0 aliphatic rings. The van der Waals surface area contributed by atoms with Crippen molar-refractivity contribution >= 4 is 77.0 Å². The van der Waals surface area contributed by atoms with E-state index in [1.165, 1.54) is 22.7 Å². The van der Waals surface area contributed by atoms with Crippen molar-refractivity contribution in [2.75, 3.05) is 5.32 Å². The molecule has 0 unspecified atom stereocenters. The summed E-state index contributed by atoms with van der Waals surface area (Å²) in [7, 11) is 0. The first-order valence-electron chi connectivity index (χ1n) is 7.35. The standard InChI is InChI=1S/C17H11ClN2O2S3/c1-7-8(2)23-15-11(7)16(22)25-17(20-15)19-14(21)13-12(18)9-5-3-4-6-10(9)24-13/h3-6H,1-2H3,(H,19,20,21). The van der Waals surface area contributed by atoms with Gasteiger partial charge < -0.3 is 0 Å². The lowest BCUT2D eigenvalue weighted by Crippen LogP contribution is -2.12. The Kier molecular flexibility index (Phi) is 4.11. The number of nitrogens with one attached hydrogen (secondary N) is 1. The Morgan fingerprint density at radius 1 is 1.16 bits per heavy atom. The van der Waals surface area contributed by atoms with Crippen LogP contribution in [-0.2, 0) is 0 Å². The van der Waals surface area contributed by atoms with Crippen molar-refractivity contribution < 1.29 is 4.79 Å². The maximum atomic E-state index is 12.6. The fourth-order valence-corrected chi connectivity index (χ4v) is 5.92. The number of thiophene rings is 2. The predicted molar refractivity (Wildman–Crippen MR) is 108 cm³/mol. The number of carbonyl (C=O) groups excluding carboxylic acids is 1. The number of benzene rings is 1. The zero-order chi connectivity index (χ0) is 17.7. The maximum absolute atomic E-state index is 12.6. The number of anilines is 1. The van der Waals surface area contributed by atoms with E-state index in [9.17, 15) is 9.59 Å². The Morgan fingerprint density at radius 3 is 2.68 bits per heavy atom. The van der Waals surface area contributed by atoms with E-state index in [1.807, 2.05) is 38.1 Å². The molecule has 25 heavy (non-hydrogen) atoms. The first-order chi connectivity index (χ1) is 12.0. The molecule has 4 nitrogen and oxygen atoms in total. The lowest BCUT2D eigenvalue weighted by molar-refractivity contribution is 0.103. The fraction of sp³-hybridized carbons (Fsp3) is 0.118. The van der Waals surface area contributed by atoms with Crippen LogP contribution in [-0.4, -0.2) is 10.9 Å². The molecular formula is C17H11ClN2O2S3. The van der Waals surface area contributed by atoms with Gasteiger partial charge in [0.1, 0.15) is 9.71 Å². The van der Waals surface area contributed by atoms with Gasteiger partial charge in [-0.1, -0.05) is 41.1 Å². The number of halogens is 1. The summed E-state index contributed by atoms with van der Waals surface area (Å²) in [6.07, 6.45) is 0. The van der Waals surface area contributed by atoms with Crippen molar-refractivity contribution in [3.63, 3.8) is 0 Å². The highest BCUT2D eigenvalue weighted by Gasteiger charge is 2.19. The summed E-state index contributed by atoms with van der Waals surface area (Å²) < 4.78 is 0.850. The summed E-state index contributed by atoms with van der Waals surface area (Å²) in [5.74, 6) is -0.348. The van der Waals surface area contributed by atoms with E-state index in [-0.39, 0.29) is 15.8 Å². The molecule has 0 aliphatic carbocycles. The van der Waals surface area contributed by atoms with E-state index in [2.05, 4.69) is 10.3 Å². The van der Waals surface area contributed by atoms with Gasteiger partial charge in [0, 0.05) is 15.0 Å². The van der Waals surface area contributed by atoms with Gasteiger partial charge in [-0.05, 0) is 25.5 Å². The second-order valence-electron chi connectivity index (χ2n) is 5.47. The topological polar surface area (TPSA) is 59.1 Å². The molecule has 3 heterocycles. The Balaban J connectivity index is 1.74. The van der Waals surface area contributed by atoms with E-state index < -0.39 is 0 Å². The van der Waals surface area contributed by atoms with Crippen LogP contribution in [0.4, 0.5) is 5.13 Å². The van der Waals surface area contributed by atoms with Crippen molar-refractivity contribution in [3.05, 3.63) is 54.1 Å². The largest absolute Gasteiger partial charge is 0.297 e. The molecule has 0 saturated carbocycles. The molecule has 1 aromatic carbocycles. The van der Waals surface area contributed by atoms with Crippen LogP contribution in [0, 0.1) is 13.8 Å². The van der Waals surface area contributed by atoms with E-state index in [0.29, 0.717) is 20.1 Å². The zero-order valence-electron chi connectivity index (χ0n) is 13.2. The lowest BCUT2D eigenvalue weighted by Gasteiger charge is -2.02. The normalized spacial score (nSPS) is 11.3. The van der Waals surface area contributed by atoms with E-state index in [0.717, 1.165) is 31.9 Å². The van der Waals surface area contributed by atoms with Crippen LogP contribution in [0.2, 0.25) is 5.02 Å². The van der Waals surface area contributed by atoms with Crippen molar-refractivity contribution in [1.82, 2.24) is 4.98 Å². The van der Waals surface area contributed by atoms with Crippen molar-refractivity contribution in [3.8, 4) is 0 Å². The SMILES string of the molecule is Cc1sc2nc(NC(=O)c3sc4ccccc4c3Cl)sc(=O)c2c1C. The Morgan fingerprint density at radius 2 is 1.92 bits per heavy atom. The van der Waals surface area contributed by atoms with Crippen LogP contribution in [0.1, 0.15) is 20.1 Å². The monoisotopic (exact) mass is 406 g/mol. The second-order valence-corrected chi connectivity index (χ2v) is 9.06. The van der Waals surface area contributed by atoms with Crippen LogP contribution in [0.15, 0.2) is 29.1 Å². The molecule has 0 aliphatic heterocycles. The van der Waals surface area contributed by atoms with Crippen LogP contribution >= 0.6 is 45.6 Å². The molecule has 3 aromatic heterocycles. The number of fused-ring (bicyclic) bond motifs is 2. The first kappa shape index (κ1) is 16.7. The fourth-order valence-electron chi connectivity index (χ4n) is 2.55. The van der Waals surface area contributed by atoms with E-state index in [4.69, 9.17) is 11.6 Å². The van der Waals surface area contributed by atoms with Crippen LogP contribution in [0.3, 0.4) is 0 Å². The Labute approximate surface area is 159 Å². The third-order valence-electron chi connectivity index (χ3n) is 3.92. The van der Waals surface area contributed by atoms with Gasteiger partial charge in [0.15, 0.2) is 5.13 Å². The molecule has 1 amide bonds. The van der Waals surface area contributed by atoms with Gasteiger partial charge in [0.2, 0.25) is 4.74 Å². The molecule has 126 valence electrons. The minimum Gasteiger partial charge on any atom is -0.297 e. The molecule has 8 heteroatoms. The van der Waals surface area contributed by atoms with Gasteiger partial charge in [-0.15, -0.1) is 22.7 Å². The molecule has 0 atom stereocenters. The number of hydrogen-bond acceptors (Lipinski definition) is 6. The van der Waals surface area contributed by atoms with Crippen LogP contribution in [0.25, 0.3) is 20.3 Å². The molecular weight excluding hydrogens is 396 g/mol. The third kappa shape index (κ3) is 2.77. The summed E-state index contributed by atoms with van der Waals surface area (Å²) in [4.78, 5) is 31.5. The third-order valence-corrected chi connectivity index (χ3v) is 7.48. The minimum atomic E-state index is -0.348. The highest BCUT2D eigenvalue weighted by molar-refractivity contribution is 7.22. The molecule has 0 bridgehead atoms. The zero-order valence-corrected chi connectivity index (χ0v) is 16.4. The summed E-state index contributed by atoms with van der Waals surface area (Å²) in [6, 6.07) is 7.58. The van der Waals surface area contributed by atoms with Crippen LogP contribution in [0.5, 0.6) is 0 Å². The number of nitrogens with zero attached hydrogens (tertiary/aromatic N) is 1. The van der Waals surface area contributed by atoms with Gasteiger partial charge >= 0.3 is 0 Å².